The van der Waals surface area contributed by atoms with Gasteiger partial charge in [0.05, 0.1) is 0 Å². The number of oxime groups is 1. The molecule has 0 atom stereocenters. The van der Waals surface area contributed by atoms with Crippen molar-refractivity contribution in [3.05, 3.63) is 29.8 Å². The van der Waals surface area contributed by atoms with Crippen LogP contribution in [0.4, 0.5) is 13.2 Å². The van der Waals surface area contributed by atoms with Gasteiger partial charge in [0.25, 0.3) is 0 Å². The van der Waals surface area contributed by atoms with Crippen LogP contribution < -0.4 is 10.5 Å². The minimum atomic E-state index is -4.73. The number of benzene rings is 1. The summed E-state index contributed by atoms with van der Waals surface area (Å²) in [5, 5.41) is 11.0. The van der Waals surface area contributed by atoms with Gasteiger partial charge in [-0.25, -0.2) is 0 Å². The van der Waals surface area contributed by atoms with Crippen LogP contribution >= 0.6 is 0 Å². The molecular weight excluding hydrogens is 225 g/mol. The SMILES string of the molecule is NC(Cc1cccc(OC(F)(F)F)c1)=NO. The molecule has 4 nitrogen and oxygen atoms in total. The molecule has 0 saturated heterocycles. The number of amidine groups is 1. The van der Waals surface area contributed by atoms with Gasteiger partial charge in [0.2, 0.25) is 0 Å². The number of rotatable bonds is 3. The molecule has 1 rings (SSSR count). The van der Waals surface area contributed by atoms with Crippen LogP contribution in [0.15, 0.2) is 29.4 Å². The molecule has 0 aromatic heterocycles. The molecule has 0 heterocycles. The van der Waals surface area contributed by atoms with E-state index in [0.29, 0.717) is 5.56 Å². The Balaban J connectivity index is 2.79. The van der Waals surface area contributed by atoms with Gasteiger partial charge in [-0.15, -0.1) is 13.2 Å². The second-order valence-corrected chi connectivity index (χ2v) is 2.96. The average Bonchev–Trinajstić information content (AvgIpc) is 2.15. The van der Waals surface area contributed by atoms with Crippen molar-refractivity contribution in [2.45, 2.75) is 12.8 Å². The molecule has 0 saturated carbocycles. The van der Waals surface area contributed by atoms with Crippen molar-refractivity contribution in [3.63, 3.8) is 0 Å². The lowest BCUT2D eigenvalue weighted by Gasteiger charge is -2.09. The van der Waals surface area contributed by atoms with E-state index in [1.54, 1.807) is 6.07 Å². The third kappa shape index (κ3) is 4.07. The lowest BCUT2D eigenvalue weighted by Crippen LogP contribution is -2.18. The Bertz CT molecular complexity index is 391. The van der Waals surface area contributed by atoms with Gasteiger partial charge in [-0.2, -0.15) is 0 Å². The van der Waals surface area contributed by atoms with E-state index in [-0.39, 0.29) is 18.0 Å². The highest BCUT2D eigenvalue weighted by molar-refractivity contribution is 5.82. The lowest BCUT2D eigenvalue weighted by molar-refractivity contribution is -0.274. The van der Waals surface area contributed by atoms with E-state index in [0.717, 1.165) is 0 Å². The first-order chi connectivity index (χ1) is 7.40. The Morgan fingerprint density at radius 3 is 2.69 bits per heavy atom. The number of nitrogens with two attached hydrogens (primary N) is 1. The summed E-state index contributed by atoms with van der Waals surface area (Å²) in [6.07, 6.45) is -4.68. The Kier molecular flexibility index (Phi) is 3.60. The summed E-state index contributed by atoms with van der Waals surface area (Å²) >= 11 is 0. The largest absolute Gasteiger partial charge is 0.573 e. The molecule has 0 aliphatic carbocycles. The molecule has 0 aliphatic rings. The molecule has 0 bridgehead atoms. The Morgan fingerprint density at radius 1 is 1.44 bits per heavy atom. The predicted octanol–water partition coefficient (Wildman–Crippen LogP) is 1.87. The van der Waals surface area contributed by atoms with Gasteiger partial charge in [-0.1, -0.05) is 17.3 Å². The van der Waals surface area contributed by atoms with Gasteiger partial charge >= 0.3 is 6.36 Å². The molecule has 0 aliphatic heterocycles. The molecule has 1 aromatic rings. The van der Waals surface area contributed by atoms with Gasteiger partial charge in [-0.3, -0.25) is 0 Å². The second kappa shape index (κ2) is 4.73. The number of halogens is 3. The summed E-state index contributed by atoms with van der Waals surface area (Å²) in [6, 6.07) is 5.27. The van der Waals surface area contributed by atoms with E-state index >= 15 is 0 Å². The van der Waals surface area contributed by atoms with Crippen LogP contribution in [0.25, 0.3) is 0 Å². The highest BCUT2D eigenvalue weighted by Gasteiger charge is 2.31. The van der Waals surface area contributed by atoms with Crippen molar-refractivity contribution in [1.82, 2.24) is 0 Å². The topological polar surface area (TPSA) is 67.8 Å². The van der Waals surface area contributed by atoms with Crippen LogP contribution in [0.2, 0.25) is 0 Å². The molecule has 7 heteroatoms. The molecule has 0 fully saturated rings. The van der Waals surface area contributed by atoms with Crippen LogP contribution in [0.1, 0.15) is 5.56 Å². The summed E-state index contributed by atoms with van der Waals surface area (Å²) < 4.78 is 39.4. The summed E-state index contributed by atoms with van der Waals surface area (Å²) in [7, 11) is 0. The molecule has 0 amide bonds. The van der Waals surface area contributed by atoms with E-state index in [1.165, 1.54) is 18.2 Å². The van der Waals surface area contributed by atoms with E-state index in [9.17, 15) is 13.2 Å². The smallest absolute Gasteiger partial charge is 0.409 e. The molecule has 88 valence electrons. The number of ether oxygens (including phenoxy) is 1. The maximum absolute atomic E-state index is 11.9. The summed E-state index contributed by atoms with van der Waals surface area (Å²) in [5.41, 5.74) is 5.67. The molecular formula is C9H9F3N2O2. The zero-order valence-corrected chi connectivity index (χ0v) is 8.03. The van der Waals surface area contributed by atoms with E-state index in [2.05, 4.69) is 9.89 Å². The van der Waals surface area contributed by atoms with Crippen LogP contribution in [0.5, 0.6) is 5.75 Å². The van der Waals surface area contributed by atoms with Crippen molar-refractivity contribution in [2.75, 3.05) is 0 Å². The fraction of sp³-hybridized carbons (Fsp3) is 0.222. The van der Waals surface area contributed by atoms with Crippen molar-refractivity contribution in [1.29, 1.82) is 0 Å². The Labute approximate surface area is 89.1 Å². The van der Waals surface area contributed by atoms with Crippen LogP contribution in [-0.4, -0.2) is 17.4 Å². The van der Waals surface area contributed by atoms with Crippen LogP contribution in [0, 0.1) is 0 Å². The zero-order valence-electron chi connectivity index (χ0n) is 8.03. The van der Waals surface area contributed by atoms with Gasteiger partial charge in [0.1, 0.15) is 11.6 Å². The lowest BCUT2D eigenvalue weighted by atomic mass is 10.1. The maximum atomic E-state index is 11.9. The summed E-state index contributed by atoms with van der Waals surface area (Å²) in [4.78, 5) is 0. The van der Waals surface area contributed by atoms with Crippen molar-refractivity contribution >= 4 is 5.84 Å². The van der Waals surface area contributed by atoms with Gasteiger partial charge in [0.15, 0.2) is 0 Å². The Morgan fingerprint density at radius 2 is 2.12 bits per heavy atom. The number of hydrogen-bond acceptors (Lipinski definition) is 3. The first kappa shape index (κ1) is 12.2. The highest BCUT2D eigenvalue weighted by atomic mass is 19.4. The van der Waals surface area contributed by atoms with Crippen molar-refractivity contribution in [3.8, 4) is 5.75 Å². The summed E-state index contributed by atoms with van der Waals surface area (Å²) in [6.45, 7) is 0. The second-order valence-electron chi connectivity index (χ2n) is 2.96. The summed E-state index contributed by atoms with van der Waals surface area (Å²) in [5.74, 6) is -0.431. The molecule has 0 spiro atoms. The number of nitrogens with zero attached hydrogens (tertiary/aromatic N) is 1. The standard InChI is InChI=1S/C9H9F3N2O2/c10-9(11,12)16-7-3-1-2-6(4-7)5-8(13)14-15/h1-4,15H,5H2,(H2,13,14). The zero-order chi connectivity index (χ0) is 12.2. The van der Waals surface area contributed by atoms with Gasteiger partial charge in [0, 0.05) is 6.42 Å². The quantitative estimate of drug-likeness (QED) is 0.363. The fourth-order valence-corrected chi connectivity index (χ4v) is 1.10. The van der Waals surface area contributed by atoms with E-state index in [1.807, 2.05) is 0 Å². The van der Waals surface area contributed by atoms with E-state index < -0.39 is 6.36 Å². The monoisotopic (exact) mass is 234 g/mol. The van der Waals surface area contributed by atoms with Crippen LogP contribution in [-0.2, 0) is 6.42 Å². The van der Waals surface area contributed by atoms with Crippen molar-refractivity contribution < 1.29 is 23.1 Å². The molecule has 3 N–H and O–H groups in total. The molecule has 0 unspecified atom stereocenters. The Hall–Kier alpha value is -1.92. The number of alkyl halides is 3. The van der Waals surface area contributed by atoms with E-state index in [4.69, 9.17) is 10.9 Å². The minimum absolute atomic E-state index is 0.0472. The third-order valence-electron chi connectivity index (χ3n) is 1.65. The molecule has 1 aromatic carbocycles. The van der Waals surface area contributed by atoms with Gasteiger partial charge in [-0.05, 0) is 17.7 Å². The third-order valence-corrected chi connectivity index (χ3v) is 1.65. The molecule has 0 radical (unpaired) electrons. The number of hydrogen-bond donors (Lipinski definition) is 2. The van der Waals surface area contributed by atoms with Gasteiger partial charge < -0.3 is 15.7 Å². The fourth-order valence-electron chi connectivity index (χ4n) is 1.10. The highest BCUT2D eigenvalue weighted by Crippen LogP contribution is 2.23. The van der Waals surface area contributed by atoms with Crippen molar-refractivity contribution in [2.24, 2.45) is 10.9 Å². The first-order valence-corrected chi connectivity index (χ1v) is 4.22. The first-order valence-electron chi connectivity index (χ1n) is 4.22. The molecule has 16 heavy (non-hydrogen) atoms. The van der Waals surface area contributed by atoms with Crippen LogP contribution in [0.3, 0.4) is 0 Å². The predicted molar refractivity (Wildman–Crippen MR) is 50.2 cm³/mol. The minimum Gasteiger partial charge on any atom is -0.409 e. The average molecular weight is 234 g/mol. The maximum Gasteiger partial charge on any atom is 0.573 e. The normalized spacial score (nSPS) is 12.6.